The van der Waals surface area contributed by atoms with E-state index in [-0.39, 0.29) is 11.6 Å². The zero-order valence-corrected chi connectivity index (χ0v) is 7.37. The fourth-order valence-corrected chi connectivity index (χ4v) is 1.02. The molecule has 0 radical (unpaired) electrons. The minimum atomic E-state index is -0.0939. The third-order valence-electron chi connectivity index (χ3n) is 1.87. The first-order chi connectivity index (χ1) is 5.61. The second kappa shape index (κ2) is 3.54. The molecule has 0 fully saturated rings. The molecule has 1 aromatic heterocycles. The summed E-state index contributed by atoms with van der Waals surface area (Å²) >= 11 is 0. The van der Waals surface area contributed by atoms with Gasteiger partial charge in [0.05, 0.1) is 0 Å². The van der Waals surface area contributed by atoms with Crippen LogP contribution in [0.3, 0.4) is 0 Å². The SMILES string of the molecule is CC(C)C(N)c1cccc(=O)[nH]1. The summed E-state index contributed by atoms with van der Waals surface area (Å²) < 4.78 is 0. The molecule has 0 aliphatic carbocycles. The maximum atomic E-state index is 10.9. The molecule has 0 aliphatic heterocycles. The minimum absolute atomic E-state index is 0.0844. The van der Waals surface area contributed by atoms with Crippen LogP contribution in [0.5, 0.6) is 0 Å². The predicted molar refractivity (Wildman–Crippen MR) is 48.8 cm³/mol. The van der Waals surface area contributed by atoms with Crippen molar-refractivity contribution in [3.05, 3.63) is 34.2 Å². The second-order valence-electron chi connectivity index (χ2n) is 3.24. The van der Waals surface area contributed by atoms with Crippen LogP contribution in [0.25, 0.3) is 0 Å². The maximum Gasteiger partial charge on any atom is 0.248 e. The molecule has 0 spiro atoms. The molecule has 1 atom stereocenters. The number of pyridine rings is 1. The lowest BCUT2D eigenvalue weighted by Crippen LogP contribution is -2.20. The summed E-state index contributed by atoms with van der Waals surface area (Å²) in [5.41, 5.74) is 6.55. The molecule has 0 saturated carbocycles. The number of nitrogens with two attached hydrogens (primary N) is 1. The normalized spacial score (nSPS) is 13.3. The van der Waals surface area contributed by atoms with Crippen LogP contribution < -0.4 is 11.3 Å². The Hall–Kier alpha value is -1.09. The third-order valence-corrected chi connectivity index (χ3v) is 1.87. The Morgan fingerprint density at radius 1 is 1.42 bits per heavy atom. The number of hydrogen-bond acceptors (Lipinski definition) is 2. The summed E-state index contributed by atoms with van der Waals surface area (Å²) in [7, 11) is 0. The Balaban J connectivity index is 2.95. The van der Waals surface area contributed by atoms with E-state index >= 15 is 0 Å². The van der Waals surface area contributed by atoms with E-state index in [1.807, 2.05) is 19.9 Å². The molecule has 0 aliphatic rings. The Morgan fingerprint density at radius 3 is 2.58 bits per heavy atom. The van der Waals surface area contributed by atoms with Crippen LogP contribution >= 0.6 is 0 Å². The lowest BCUT2D eigenvalue weighted by atomic mass is 10.0. The zero-order chi connectivity index (χ0) is 9.14. The first kappa shape index (κ1) is 9.00. The third kappa shape index (κ3) is 1.95. The van der Waals surface area contributed by atoms with Crippen LogP contribution in [0.1, 0.15) is 25.6 Å². The molecule has 3 nitrogen and oxygen atoms in total. The highest BCUT2D eigenvalue weighted by Gasteiger charge is 2.09. The van der Waals surface area contributed by atoms with Gasteiger partial charge in [0.15, 0.2) is 0 Å². The van der Waals surface area contributed by atoms with Gasteiger partial charge < -0.3 is 10.7 Å². The summed E-state index contributed by atoms with van der Waals surface area (Å²) in [6.45, 7) is 4.05. The molecule has 1 heterocycles. The van der Waals surface area contributed by atoms with Crippen LogP contribution in [0.4, 0.5) is 0 Å². The summed E-state index contributed by atoms with van der Waals surface area (Å²) in [6.07, 6.45) is 0. The Bertz CT molecular complexity index is 303. The number of nitrogens with one attached hydrogen (secondary N) is 1. The second-order valence-corrected chi connectivity index (χ2v) is 3.24. The monoisotopic (exact) mass is 166 g/mol. The average molecular weight is 166 g/mol. The predicted octanol–water partition coefficient (Wildman–Crippen LogP) is 1.03. The van der Waals surface area contributed by atoms with Crippen LogP contribution in [-0.4, -0.2) is 4.98 Å². The van der Waals surface area contributed by atoms with Gasteiger partial charge in [-0.3, -0.25) is 4.79 Å². The fraction of sp³-hybridized carbons (Fsp3) is 0.444. The van der Waals surface area contributed by atoms with Crippen molar-refractivity contribution in [1.82, 2.24) is 4.98 Å². The molecular formula is C9H14N2O. The Morgan fingerprint density at radius 2 is 2.08 bits per heavy atom. The average Bonchev–Trinajstić information content (AvgIpc) is 2.03. The van der Waals surface area contributed by atoms with Gasteiger partial charge in [-0.15, -0.1) is 0 Å². The molecule has 1 unspecified atom stereocenters. The Kier molecular flexibility index (Phi) is 2.65. The number of H-pyrrole nitrogens is 1. The first-order valence-corrected chi connectivity index (χ1v) is 4.06. The van der Waals surface area contributed by atoms with Gasteiger partial charge >= 0.3 is 0 Å². The standard InChI is InChI=1S/C9H14N2O/c1-6(2)9(10)7-4-3-5-8(12)11-7/h3-6,9H,10H2,1-2H3,(H,11,12). The molecule has 0 aromatic carbocycles. The van der Waals surface area contributed by atoms with E-state index in [0.717, 1.165) is 5.69 Å². The maximum absolute atomic E-state index is 10.9. The Labute approximate surface area is 71.6 Å². The van der Waals surface area contributed by atoms with Gasteiger partial charge in [-0.05, 0) is 12.0 Å². The number of hydrogen-bond donors (Lipinski definition) is 2. The number of rotatable bonds is 2. The number of aromatic nitrogens is 1. The van der Waals surface area contributed by atoms with Crippen molar-refractivity contribution in [1.29, 1.82) is 0 Å². The topological polar surface area (TPSA) is 58.9 Å². The molecule has 66 valence electrons. The quantitative estimate of drug-likeness (QED) is 0.689. The van der Waals surface area contributed by atoms with Crippen molar-refractivity contribution < 1.29 is 0 Å². The van der Waals surface area contributed by atoms with E-state index in [1.54, 1.807) is 6.07 Å². The van der Waals surface area contributed by atoms with E-state index in [2.05, 4.69) is 4.98 Å². The molecule has 0 amide bonds. The van der Waals surface area contributed by atoms with E-state index < -0.39 is 0 Å². The molecule has 12 heavy (non-hydrogen) atoms. The van der Waals surface area contributed by atoms with Gasteiger partial charge in [0.1, 0.15) is 0 Å². The van der Waals surface area contributed by atoms with Crippen molar-refractivity contribution in [2.24, 2.45) is 11.7 Å². The van der Waals surface area contributed by atoms with Crippen molar-refractivity contribution in [2.45, 2.75) is 19.9 Å². The van der Waals surface area contributed by atoms with Crippen LogP contribution in [-0.2, 0) is 0 Å². The van der Waals surface area contributed by atoms with Crippen LogP contribution in [0.15, 0.2) is 23.0 Å². The molecular weight excluding hydrogens is 152 g/mol. The van der Waals surface area contributed by atoms with Gasteiger partial charge in [-0.25, -0.2) is 0 Å². The van der Waals surface area contributed by atoms with Gasteiger partial charge in [0, 0.05) is 17.8 Å². The number of aromatic amines is 1. The van der Waals surface area contributed by atoms with Gasteiger partial charge in [-0.2, -0.15) is 0 Å². The largest absolute Gasteiger partial charge is 0.325 e. The van der Waals surface area contributed by atoms with Crippen molar-refractivity contribution in [2.75, 3.05) is 0 Å². The van der Waals surface area contributed by atoms with Gasteiger partial charge in [-0.1, -0.05) is 19.9 Å². The highest BCUT2D eigenvalue weighted by atomic mass is 16.1. The molecule has 3 heteroatoms. The van der Waals surface area contributed by atoms with Gasteiger partial charge in [0.25, 0.3) is 0 Å². The highest BCUT2D eigenvalue weighted by molar-refractivity contribution is 5.08. The van der Waals surface area contributed by atoms with E-state index in [9.17, 15) is 4.79 Å². The van der Waals surface area contributed by atoms with Crippen LogP contribution in [0, 0.1) is 5.92 Å². The fourth-order valence-electron chi connectivity index (χ4n) is 1.02. The molecule has 1 rings (SSSR count). The first-order valence-electron chi connectivity index (χ1n) is 4.06. The van der Waals surface area contributed by atoms with E-state index in [0.29, 0.717) is 5.92 Å². The summed E-state index contributed by atoms with van der Waals surface area (Å²) in [4.78, 5) is 13.6. The highest BCUT2D eigenvalue weighted by Crippen LogP contribution is 2.14. The van der Waals surface area contributed by atoms with Gasteiger partial charge in [0.2, 0.25) is 5.56 Å². The minimum Gasteiger partial charge on any atom is -0.325 e. The van der Waals surface area contributed by atoms with Crippen molar-refractivity contribution in [3.63, 3.8) is 0 Å². The smallest absolute Gasteiger partial charge is 0.248 e. The van der Waals surface area contributed by atoms with Crippen molar-refractivity contribution >= 4 is 0 Å². The lowest BCUT2D eigenvalue weighted by molar-refractivity contribution is 0.502. The van der Waals surface area contributed by atoms with Crippen LogP contribution in [0.2, 0.25) is 0 Å². The molecule has 0 bridgehead atoms. The van der Waals surface area contributed by atoms with Crippen molar-refractivity contribution in [3.8, 4) is 0 Å². The molecule has 3 N–H and O–H groups in total. The summed E-state index contributed by atoms with van der Waals surface area (Å²) in [6, 6.07) is 4.96. The summed E-state index contributed by atoms with van der Waals surface area (Å²) in [5, 5.41) is 0. The summed E-state index contributed by atoms with van der Waals surface area (Å²) in [5.74, 6) is 0.336. The van der Waals surface area contributed by atoms with E-state index in [4.69, 9.17) is 5.73 Å². The van der Waals surface area contributed by atoms with E-state index in [1.165, 1.54) is 6.07 Å². The molecule has 0 saturated heterocycles. The lowest BCUT2D eigenvalue weighted by Gasteiger charge is -2.14. The zero-order valence-electron chi connectivity index (χ0n) is 7.37. The molecule has 1 aromatic rings.